The number of hydrogen-bond donors (Lipinski definition) is 2. The Balaban J connectivity index is 2.67. The zero-order chi connectivity index (χ0) is 8.65. The molecule has 0 bridgehead atoms. The fourth-order valence-electron chi connectivity index (χ4n) is 1.89. The number of nitrogens with two attached hydrogens (primary N) is 1. The van der Waals surface area contributed by atoms with Crippen molar-refractivity contribution in [2.45, 2.75) is 26.0 Å². The molecule has 0 aromatic heterocycles. The molecule has 1 saturated heterocycles. The van der Waals surface area contributed by atoms with Crippen LogP contribution >= 0.6 is 0 Å². The van der Waals surface area contributed by atoms with E-state index >= 15 is 0 Å². The number of aliphatic hydroxyl groups is 1. The van der Waals surface area contributed by atoms with Crippen molar-refractivity contribution in [2.75, 3.05) is 20.1 Å². The molecule has 0 amide bonds. The quantitative estimate of drug-likeness (QED) is 0.506. The normalized spacial score (nSPS) is 39.0. The summed E-state index contributed by atoms with van der Waals surface area (Å²) in [5, 5.41) is 9.67. The van der Waals surface area contributed by atoms with Gasteiger partial charge in [0.2, 0.25) is 0 Å². The second-order valence-corrected chi connectivity index (χ2v) is 4.29. The van der Waals surface area contributed by atoms with Crippen LogP contribution in [0.2, 0.25) is 0 Å². The minimum Gasteiger partial charge on any atom is -0.391 e. The van der Waals surface area contributed by atoms with Crippen molar-refractivity contribution in [1.82, 2.24) is 4.90 Å². The maximum absolute atomic E-state index is 9.67. The van der Waals surface area contributed by atoms with E-state index in [-0.39, 0.29) is 17.6 Å². The highest BCUT2D eigenvalue weighted by Crippen LogP contribution is 2.27. The van der Waals surface area contributed by atoms with Crippen LogP contribution in [0.4, 0.5) is 0 Å². The van der Waals surface area contributed by atoms with Gasteiger partial charge in [0, 0.05) is 24.5 Å². The van der Waals surface area contributed by atoms with E-state index in [1.54, 1.807) is 0 Å². The van der Waals surface area contributed by atoms with Gasteiger partial charge in [0.05, 0.1) is 6.10 Å². The summed E-state index contributed by atoms with van der Waals surface area (Å²) >= 11 is 0. The Bertz CT molecular complexity index is 147. The Morgan fingerprint density at radius 3 is 2.55 bits per heavy atom. The number of nitrogens with zero attached hydrogens (tertiary/aromatic N) is 1. The summed E-state index contributed by atoms with van der Waals surface area (Å²) in [5.41, 5.74) is 5.69. The minimum atomic E-state index is -0.362. The van der Waals surface area contributed by atoms with Gasteiger partial charge in [-0.05, 0) is 7.05 Å². The Morgan fingerprint density at radius 1 is 1.55 bits per heavy atom. The molecule has 2 atom stereocenters. The van der Waals surface area contributed by atoms with Gasteiger partial charge in [0.25, 0.3) is 0 Å². The van der Waals surface area contributed by atoms with Gasteiger partial charge >= 0.3 is 0 Å². The van der Waals surface area contributed by atoms with E-state index < -0.39 is 0 Å². The molecule has 2 unspecified atom stereocenters. The van der Waals surface area contributed by atoms with Crippen LogP contribution in [0, 0.1) is 5.41 Å². The summed E-state index contributed by atoms with van der Waals surface area (Å²) in [6, 6.07) is -0.0938. The maximum Gasteiger partial charge on any atom is 0.0766 e. The van der Waals surface area contributed by atoms with Gasteiger partial charge < -0.3 is 15.7 Å². The first-order valence-corrected chi connectivity index (χ1v) is 4.06. The summed E-state index contributed by atoms with van der Waals surface area (Å²) in [4.78, 5) is 2.16. The molecule has 0 aromatic carbocycles. The number of rotatable bonds is 0. The van der Waals surface area contributed by atoms with E-state index in [9.17, 15) is 5.11 Å². The smallest absolute Gasteiger partial charge is 0.0766 e. The van der Waals surface area contributed by atoms with Gasteiger partial charge in [-0.2, -0.15) is 0 Å². The monoisotopic (exact) mass is 158 g/mol. The first-order chi connectivity index (χ1) is 4.93. The predicted octanol–water partition coefficient (Wildman–Crippen LogP) is -0.354. The minimum absolute atomic E-state index is 0.0631. The lowest BCUT2D eigenvalue weighted by Gasteiger charge is -2.43. The zero-order valence-corrected chi connectivity index (χ0v) is 7.54. The summed E-state index contributed by atoms with van der Waals surface area (Å²) in [6.07, 6.45) is -0.362. The van der Waals surface area contributed by atoms with Crippen LogP contribution in [0.1, 0.15) is 13.8 Å². The Kier molecular flexibility index (Phi) is 2.23. The fraction of sp³-hybridized carbons (Fsp3) is 1.00. The van der Waals surface area contributed by atoms with E-state index in [2.05, 4.69) is 4.90 Å². The summed E-state index contributed by atoms with van der Waals surface area (Å²) in [5.74, 6) is 0. The maximum atomic E-state index is 9.67. The van der Waals surface area contributed by atoms with Gasteiger partial charge in [0.1, 0.15) is 0 Å². The molecule has 3 N–H and O–H groups in total. The van der Waals surface area contributed by atoms with Crippen LogP contribution in [-0.4, -0.2) is 42.3 Å². The van der Waals surface area contributed by atoms with Crippen molar-refractivity contribution < 1.29 is 5.11 Å². The molecule has 1 aliphatic heterocycles. The van der Waals surface area contributed by atoms with Crippen LogP contribution in [0.25, 0.3) is 0 Å². The standard InChI is InChI=1S/C8H18N2O/c1-8(2)5-10(3)4-6(9)7(8)11/h6-7,11H,4-5,9H2,1-3H3. The molecular weight excluding hydrogens is 140 g/mol. The third-order valence-corrected chi connectivity index (χ3v) is 2.41. The topological polar surface area (TPSA) is 49.5 Å². The van der Waals surface area contributed by atoms with Crippen molar-refractivity contribution in [3.8, 4) is 0 Å². The molecule has 66 valence electrons. The van der Waals surface area contributed by atoms with E-state index in [0.29, 0.717) is 0 Å². The lowest BCUT2D eigenvalue weighted by atomic mass is 9.79. The number of likely N-dealkylation sites (tertiary alicyclic amines) is 1. The first-order valence-electron chi connectivity index (χ1n) is 4.06. The molecule has 1 rings (SSSR count). The van der Waals surface area contributed by atoms with Crippen LogP contribution in [-0.2, 0) is 0 Å². The molecule has 0 aliphatic carbocycles. The second kappa shape index (κ2) is 2.73. The van der Waals surface area contributed by atoms with Gasteiger partial charge in [-0.15, -0.1) is 0 Å². The number of likely N-dealkylation sites (N-methyl/N-ethyl adjacent to an activating group) is 1. The zero-order valence-electron chi connectivity index (χ0n) is 7.54. The average molecular weight is 158 g/mol. The largest absolute Gasteiger partial charge is 0.391 e. The number of piperidine rings is 1. The summed E-state index contributed by atoms with van der Waals surface area (Å²) in [7, 11) is 2.04. The molecule has 1 heterocycles. The average Bonchev–Trinajstić information content (AvgIpc) is 1.81. The molecule has 3 heteroatoms. The number of hydrogen-bond acceptors (Lipinski definition) is 3. The lowest BCUT2D eigenvalue weighted by molar-refractivity contribution is -0.0312. The van der Waals surface area contributed by atoms with E-state index in [0.717, 1.165) is 13.1 Å². The molecule has 1 fully saturated rings. The fourth-order valence-corrected chi connectivity index (χ4v) is 1.89. The van der Waals surface area contributed by atoms with Crippen LogP contribution in [0.3, 0.4) is 0 Å². The Labute approximate surface area is 68.2 Å². The van der Waals surface area contributed by atoms with Crippen molar-refractivity contribution >= 4 is 0 Å². The van der Waals surface area contributed by atoms with Crippen LogP contribution < -0.4 is 5.73 Å². The van der Waals surface area contributed by atoms with Crippen LogP contribution in [0.15, 0.2) is 0 Å². The summed E-state index contributed by atoms with van der Waals surface area (Å²) < 4.78 is 0. The van der Waals surface area contributed by atoms with Gasteiger partial charge in [-0.3, -0.25) is 0 Å². The van der Waals surface area contributed by atoms with Crippen molar-refractivity contribution in [3.05, 3.63) is 0 Å². The lowest BCUT2D eigenvalue weighted by Crippen LogP contribution is -2.58. The number of aliphatic hydroxyl groups excluding tert-OH is 1. The van der Waals surface area contributed by atoms with Crippen molar-refractivity contribution in [3.63, 3.8) is 0 Å². The first kappa shape index (κ1) is 8.97. The molecule has 0 aromatic rings. The van der Waals surface area contributed by atoms with Crippen molar-refractivity contribution in [2.24, 2.45) is 11.1 Å². The molecule has 0 radical (unpaired) electrons. The van der Waals surface area contributed by atoms with Gasteiger partial charge in [-0.1, -0.05) is 13.8 Å². The highest BCUT2D eigenvalue weighted by molar-refractivity contribution is 4.93. The molecule has 11 heavy (non-hydrogen) atoms. The Morgan fingerprint density at radius 2 is 2.09 bits per heavy atom. The van der Waals surface area contributed by atoms with Gasteiger partial charge in [0.15, 0.2) is 0 Å². The molecule has 3 nitrogen and oxygen atoms in total. The predicted molar refractivity (Wildman–Crippen MR) is 45.3 cm³/mol. The van der Waals surface area contributed by atoms with E-state index in [1.165, 1.54) is 0 Å². The third kappa shape index (κ3) is 1.72. The highest BCUT2D eigenvalue weighted by Gasteiger charge is 2.38. The highest BCUT2D eigenvalue weighted by atomic mass is 16.3. The van der Waals surface area contributed by atoms with Gasteiger partial charge in [-0.25, -0.2) is 0 Å². The summed E-state index contributed by atoms with van der Waals surface area (Å²) in [6.45, 7) is 5.81. The Hall–Kier alpha value is -0.120. The van der Waals surface area contributed by atoms with Crippen molar-refractivity contribution in [1.29, 1.82) is 0 Å². The van der Waals surface area contributed by atoms with E-state index in [1.807, 2.05) is 20.9 Å². The second-order valence-electron chi connectivity index (χ2n) is 4.29. The SMILES string of the molecule is CN1CC(N)C(O)C(C)(C)C1. The molecule has 1 aliphatic rings. The van der Waals surface area contributed by atoms with Crippen LogP contribution in [0.5, 0.6) is 0 Å². The third-order valence-electron chi connectivity index (χ3n) is 2.41. The molecular formula is C8H18N2O. The molecule has 0 spiro atoms. The molecule has 0 saturated carbocycles. The van der Waals surface area contributed by atoms with E-state index in [4.69, 9.17) is 5.73 Å².